The number of hydrogen-bond donors (Lipinski definition) is 1. The fourth-order valence-electron chi connectivity index (χ4n) is 3.61. The third kappa shape index (κ3) is 5.58. The number of aromatic nitrogens is 2. The lowest BCUT2D eigenvalue weighted by Crippen LogP contribution is -2.37. The Morgan fingerprint density at radius 1 is 1.31 bits per heavy atom. The number of nitrogens with two attached hydrogens (primary N) is 1. The van der Waals surface area contributed by atoms with Crippen molar-refractivity contribution >= 4 is 33.2 Å². The fourth-order valence-corrected chi connectivity index (χ4v) is 4.72. The topological polar surface area (TPSA) is 98.4 Å². The second kappa shape index (κ2) is 8.08. The first-order valence-electron chi connectivity index (χ1n) is 9.35. The summed E-state index contributed by atoms with van der Waals surface area (Å²) in [4.78, 5) is 10.8. The van der Waals surface area contributed by atoms with Gasteiger partial charge in [0.1, 0.15) is 5.82 Å². The van der Waals surface area contributed by atoms with Gasteiger partial charge in [0.25, 0.3) is 0 Å². The van der Waals surface area contributed by atoms with E-state index in [9.17, 15) is 8.42 Å². The minimum atomic E-state index is -3.14. The van der Waals surface area contributed by atoms with Crippen LogP contribution in [0.25, 0.3) is 0 Å². The third-order valence-corrected chi connectivity index (χ3v) is 5.93. The van der Waals surface area contributed by atoms with Gasteiger partial charge in [-0.25, -0.2) is 13.4 Å². The zero-order valence-corrected chi connectivity index (χ0v) is 18.7. The highest BCUT2D eigenvalue weighted by Crippen LogP contribution is 2.37. The van der Waals surface area contributed by atoms with E-state index >= 15 is 0 Å². The predicted molar refractivity (Wildman–Crippen MR) is 116 cm³/mol. The highest BCUT2D eigenvalue weighted by Gasteiger charge is 2.34. The highest BCUT2D eigenvalue weighted by molar-refractivity contribution is 7.89. The largest absolute Gasteiger partial charge is 0.378 e. The first kappa shape index (κ1) is 21.8. The lowest BCUT2D eigenvalue weighted by atomic mass is 9.93. The first-order chi connectivity index (χ1) is 13.4. The van der Waals surface area contributed by atoms with E-state index in [0.717, 1.165) is 17.1 Å². The second-order valence-electron chi connectivity index (χ2n) is 8.47. The van der Waals surface area contributed by atoms with Gasteiger partial charge >= 0.3 is 0 Å². The van der Waals surface area contributed by atoms with Gasteiger partial charge in [0.05, 0.1) is 25.0 Å². The Hall–Kier alpha value is -1.90. The molecule has 1 aliphatic rings. The summed E-state index contributed by atoms with van der Waals surface area (Å²) in [6.07, 6.45) is 1.21. The molecular weight excluding hydrogens is 412 g/mol. The normalized spacial score (nSPS) is 19.8. The van der Waals surface area contributed by atoms with Crippen LogP contribution < -0.4 is 10.6 Å². The van der Waals surface area contributed by atoms with Crippen molar-refractivity contribution < 1.29 is 13.2 Å². The van der Waals surface area contributed by atoms with Gasteiger partial charge in [0, 0.05) is 35.0 Å². The molecule has 0 aliphatic carbocycles. The molecular formula is C20H27ClN4O3S. The lowest BCUT2D eigenvalue weighted by molar-refractivity contribution is 0.0800. The number of benzene rings is 1. The summed E-state index contributed by atoms with van der Waals surface area (Å²) in [6, 6.07) is 7.10. The van der Waals surface area contributed by atoms with Gasteiger partial charge in [-0.2, -0.15) is 4.98 Å². The van der Waals surface area contributed by atoms with E-state index in [4.69, 9.17) is 22.1 Å². The van der Waals surface area contributed by atoms with Gasteiger partial charge in [-0.1, -0.05) is 37.6 Å². The molecule has 0 bridgehead atoms. The molecule has 0 saturated carbocycles. The second-order valence-corrected chi connectivity index (χ2v) is 11.0. The molecule has 1 aliphatic heterocycles. The maximum absolute atomic E-state index is 11.6. The molecule has 7 nitrogen and oxygen atoms in total. The summed E-state index contributed by atoms with van der Waals surface area (Å²) in [6.45, 7) is 7.87. The maximum Gasteiger partial charge on any atom is 0.222 e. The average molecular weight is 439 g/mol. The fraction of sp³-hybridized carbons (Fsp3) is 0.500. The molecule has 1 fully saturated rings. The molecule has 3 rings (SSSR count). The summed E-state index contributed by atoms with van der Waals surface area (Å²) in [5.41, 5.74) is 8.09. The van der Waals surface area contributed by atoms with Crippen molar-refractivity contribution in [3.05, 3.63) is 46.1 Å². The zero-order valence-electron chi connectivity index (χ0n) is 17.1. The average Bonchev–Trinajstić information content (AvgIpc) is 2.71. The maximum atomic E-state index is 11.6. The Bertz CT molecular complexity index is 991. The predicted octanol–water partition coefficient (Wildman–Crippen LogP) is 3.17. The molecule has 1 aromatic carbocycles. The number of aryl methyl sites for hydroxylation is 1. The molecule has 158 valence electrons. The van der Waals surface area contributed by atoms with E-state index in [2.05, 4.69) is 28.7 Å². The standard InChI is InChI=1S/C20H27ClN4O3S/c1-13-7-18(24-19(22)23-13)25-11-20(2,3)12-28-9-17(25)15-6-5-14(8-16(15)21)10-29(4,26)27/h5-8,17H,9-12H2,1-4H3,(H2,22,23,24)/t17-/m0/s1. The van der Waals surface area contributed by atoms with Crippen molar-refractivity contribution in [1.29, 1.82) is 0 Å². The number of nitrogen functional groups attached to an aromatic ring is 1. The molecule has 1 saturated heterocycles. The summed E-state index contributed by atoms with van der Waals surface area (Å²) in [5.74, 6) is 0.887. The number of halogens is 1. The van der Waals surface area contributed by atoms with E-state index in [1.54, 1.807) is 12.1 Å². The van der Waals surface area contributed by atoms with Crippen LogP contribution in [0, 0.1) is 12.3 Å². The van der Waals surface area contributed by atoms with Gasteiger partial charge < -0.3 is 15.4 Å². The molecule has 0 unspecified atom stereocenters. The van der Waals surface area contributed by atoms with Gasteiger partial charge in [0.2, 0.25) is 5.95 Å². The van der Waals surface area contributed by atoms with Crippen LogP contribution in [0.3, 0.4) is 0 Å². The number of nitrogens with zero attached hydrogens (tertiary/aromatic N) is 3. The van der Waals surface area contributed by atoms with Crippen molar-refractivity contribution in [2.24, 2.45) is 5.41 Å². The Kier molecular flexibility index (Phi) is 6.08. The van der Waals surface area contributed by atoms with E-state index in [1.807, 2.05) is 19.1 Å². The summed E-state index contributed by atoms with van der Waals surface area (Å²) in [5, 5.41) is 0.503. The number of rotatable bonds is 4. The number of ether oxygens (including phenoxy) is 1. The van der Waals surface area contributed by atoms with Crippen molar-refractivity contribution in [3.8, 4) is 0 Å². The molecule has 1 aromatic heterocycles. The molecule has 0 amide bonds. The van der Waals surface area contributed by atoms with Crippen LogP contribution in [0.1, 0.15) is 36.7 Å². The van der Waals surface area contributed by atoms with Crippen LogP contribution in [0.4, 0.5) is 11.8 Å². The Morgan fingerprint density at radius 3 is 2.66 bits per heavy atom. The molecule has 9 heteroatoms. The zero-order chi connectivity index (χ0) is 21.4. The Labute approximate surface area is 177 Å². The summed E-state index contributed by atoms with van der Waals surface area (Å²) < 4.78 is 29.2. The van der Waals surface area contributed by atoms with E-state index in [-0.39, 0.29) is 23.2 Å². The number of anilines is 2. The van der Waals surface area contributed by atoms with Crippen molar-refractivity contribution in [3.63, 3.8) is 0 Å². The smallest absolute Gasteiger partial charge is 0.222 e. The molecule has 2 aromatic rings. The Balaban J connectivity index is 2.04. The van der Waals surface area contributed by atoms with E-state index < -0.39 is 9.84 Å². The van der Waals surface area contributed by atoms with Crippen LogP contribution in [-0.2, 0) is 20.3 Å². The lowest BCUT2D eigenvalue weighted by Gasteiger charge is -2.35. The highest BCUT2D eigenvalue weighted by atomic mass is 35.5. The van der Waals surface area contributed by atoms with Crippen LogP contribution in [-0.4, -0.2) is 44.4 Å². The van der Waals surface area contributed by atoms with Gasteiger partial charge in [-0.3, -0.25) is 0 Å². The molecule has 2 N–H and O–H groups in total. The van der Waals surface area contributed by atoms with Crippen LogP contribution >= 0.6 is 11.6 Å². The molecule has 0 spiro atoms. The van der Waals surface area contributed by atoms with E-state index in [0.29, 0.717) is 30.3 Å². The minimum absolute atomic E-state index is 0.0491. The van der Waals surface area contributed by atoms with E-state index in [1.165, 1.54) is 6.26 Å². The molecule has 29 heavy (non-hydrogen) atoms. The summed E-state index contributed by atoms with van der Waals surface area (Å²) >= 11 is 6.60. The van der Waals surface area contributed by atoms with Crippen LogP contribution in [0.2, 0.25) is 5.02 Å². The molecule has 2 heterocycles. The van der Waals surface area contributed by atoms with Gasteiger partial charge in [-0.05, 0) is 24.1 Å². The van der Waals surface area contributed by atoms with Crippen molar-refractivity contribution in [2.45, 2.75) is 32.6 Å². The van der Waals surface area contributed by atoms with Gasteiger partial charge in [0.15, 0.2) is 9.84 Å². The molecule has 0 radical (unpaired) electrons. The van der Waals surface area contributed by atoms with Crippen molar-refractivity contribution in [1.82, 2.24) is 9.97 Å². The monoisotopic (exact) mass is 438 g/mol. The number of sulfone groups is 1. The quantitative estimate of drug-likeness (QED) is 0.782. The first-order valence-corrected chi connectivity index (χ1v) is 11.8. The third-order valence-electron chi connectivity index (χ3n) is 4.75. The van der Waals surface area contributed by atoms with Gasteiger partial charge in [-0.15, -0.1) is 0 Å². The summed E-state index contributed by atoms with van der Waals surface area (Å²) in [7, 11) is -3.14. The number of hydrogen-bond acceptors (Lipinski definition) is 7. The van der Waals surface area contributed by atoms with Crippen molar-refractivity contribution in [2.75, 3.05) is 36.6 Å². The SMILES string of the molecule is Cc1cc(N2CC(C)(C)COC[C@H]2c2ccc(CS(C)(=O)=O)cc2Cl)nc(N)n1. The Morgan fingerprint density at radius 2 is 2.03 bits per heavy atom. The van der Waals surface area contributed by atoms with Crippen LogP contribution in [0.15, 0.2) is 24.3 Å². The minimum Gasteiger partial charge on any atom is -0.378 e. The van der Waals surface area contributed by atoms with Crippen LogP contribution in [0.5, 0.6) is 0 Å². The molecule has 1 atom stereocenters.